The van der Waals surface area contributed by atoms with Gasteiger partial charge in [-0.05, 0) is 29.7 Å². The fraction of sp³-hybridized carbons (Fsp3) is 0.846. The van der Waals surface area contributed by atoms with Crippen molar-refractivity contribution in [2.24, 2.45) is 7.05 Å². The number of hydrogen-bond donors (Lipinski definition) is 0. The maximum Gasteiger partial charge on any atom is 0.252 e. The molecule has 1 aliphatic heterocycles. The third kappa shape index (κ3) is 4.92. The highest BCUT2D eigenvalue weighted by Crippen LogP contribution is 2.18. The van der Waals surface area contributed by atoms with Crippen LogP contribution in [-0.2, 0) is 21.3 Å². The van der Waals surface area contributed by atoms with Crippen LogP contribution in [0.1, 0.15) is 19.3 Å². The molecule has 1 aromatic rings. The van der Waals surface area contributed by atoms with Gasteiger partial charge in [0, 0.05) is 26.5 Å². The summed E-state index contributed by atoms with van der Waals surface area (Å²) in [7, 11) is 3.32. The lowest BCUT2D eigenvalue weighted by Crippen LogP contribution is -2.37. The number of tetrazole rings is 1. The Labute approximate surface area is 134 Å². The summed E-state index contributed by atoms with van der Waals surface area (Å²) < 4.78 is 12.2. The third-order valence-corrected chi connectivity index (χ3v) is 4.52. The molecule has 2 heterocycles. The van der Waals surface area contributed by atoms with Crippen LogP contribution in [0, 0.1) is 0 Å². The first kappa shape index (κ1) is 17.2. The molecule has 9 heteroatoms. The van der Waals surface area contributed by atoms with Gasteiger partial charge in [0.25, 0.3) is 5.95 Å². The SMILES string of the molecule is COCCN(C(=O)CSCC1CCCCO1)c1nnnn1C. The summed E-state index contributed by atoms with van der Waals surface area (Å²) in [6.45, 7) is 1.71. The molecule has 1 amide bonds. The summed E-state index contributed by atoms with van der Waals surface area (Å²) in [5, 5.41) is 11.3. The standard InChI is InChI=1S/C13H23N5O3S/c1-17-13(14-15-16-17)18(6-8-20-2)12(19)10-22-9-11-5-3-4-7-21-11/h11H,3-10H2,1-2H3. The van der Waals surface area contributed by atoms with E-state index in [1.807, 2.05) is 0 Å². The number of methoxy groups -OCH3 is 1. The number of nitrogens with zero attached hydrogens (tertiary/aromatic N) is 5. The molecule has 1 saturated heterocycles. The zero-order valence-corrected chi connectivity index (χ0v) is 13.9. The molecule has 0 N–H and O–H groups in total. The molecule has 0 saturated carbocycles. The van der Waals surface area contributed by atoms with Crippen molar-refractivity contribution in [3.63, 3.8) is 0 Å². The summed E-state index contributed by atoms with van der Waals surface area (Å²) in [4.78, 5) is 14.0. The number of anilines is 1. The summed E-state index contributed by atoms with van der Waals surface area (Å²) in [5.74, 6) is 1.66. The largest absolute Gasteiger partial charge is 0.383 e. The fourth-order valence-corrected chi connectivity index (χ4v) is 3.24. The number of aryl methyl sites for hydroxylation is 1. The third-order valence-electron chi connectivity index (χ3n) is 3.46. The van der Waals surface area contributed by atoms with Crippen LogP contribution in [0.3, 0.4) is 0 Å². The maximum atomic E-state index is 12.4. The molecule has 0 aliphatic carbocycles. The second-order valence-corrected chi connectivity index (χ2v) is 6.17. The average molecular weight is 329 g/mol. The van der Waals surface area contributed by atoms with Crippen molar-refractivity contribution in [1.29, 1.82) is 0 Å². The molecular weight excluding hydrogens is 306 g/mol. The van der Waals surface area contributed by atoms with Gasteiger partial charge >= 0.3 is 0 Å². The van der Waals surface area contributed by atoms with Crippen LogP contribution in [-0.4, -0.2) is 70.6 Å². The molecule has 0 bridgehead atoms. The van der Waals surface area contributed by atoms with Gasteiger partial charge in [0.05, 0.1) is 25.0 Å². The molecule has 0 spiro atoms. The van der Waals surface area contributed by atoms with Crippen molar-refractivity contribution in [1.82, 2.24) is 20.2 Å². The first-order valence-electron chi connectivity index (χ1n) is 7.43. The van der Waals surface area contributed by atoms with E-state index in [1.54, 1.807) is 30.8 Å². The van der Waals surface area contributed by atoms with Gasteiger partial charge in [-0.15, -0.1) is 11.8 Å². The molecule has 22 heavy (non-hydrogen) atoms. The predicted molar refractivity (Wildman–Crippen MR) is 83.9 cm³/mol. The molecule has 1 fully saturated rings. The number of ether oxygens (including phenoxy) is 2. The quantitative estimate of drug-likeness (QED) is 0.686. The van der Waals surface area contributed by atoms with Crippen LogP contribution in [0.25, 0.3) is 0 Å². The van der Waals surface area contributed by atoms with E-state index >= 15 is 0 Å². The molecule has 124 valence electrons. The number of carbonyl (C=O) groups excluding carboxylic acids is 1. The minimum atomic E-state index is -0.0178. The van der Waals surface area contributed by atoms with Crippen LogP contribution >= 0.6 is 11.8 Å². The van der Waals surface area contributed by atoms with Gasteiger partial charge in [-0.1, -0.05) is 5.10 Å². The first-order valence-corrected chi connectivity index (χ1v) is 8.59. The minimum Gasteiger partial charge on any atom is -0.383 e. The number of carbonyl (C=O) groups is 1. The molecule has 0 aromatic carbocycles. The van der Waals surface area contributed by atoms with E-state index in [1.165, 1.54) is 11.1 Å². The van der Waals surface area contributed by atoms with E-state index in [0.29, 0.717) is 24.9 Å². The second-order valence-electron chi connectivity index (χ2n) is 5.14. The Hall–Kier alpha value is -1.19. The lowest BCUT2D eigenvalue weighted by Gasteiger charge is -2.23. The van der Waals surface area contributed by atoms with Gasteiger partial charge in [-0.3, -0.25) is 9.69 Å². The monoisotopic (exact) mass is 329 g/mol. The summed E-state index contributed by atoms with van der Waals surface area (Å²) in [5.41, 5.74) is 0. The molecule has 0 radical (unpaired) electrons. The van der Waals surface area contributed by atoms with Crippen LogP contribution in [0.4, 0.5) is 5.95 Å². The molecule has 8 nitrogen and oxygen atoms in total. The van der Waals surface area contributed by atoms with Gasteiger partial charge in [-0.2, -0.15) is 0 Å². The van der Waals surface area contributed by atoms with E-state index in [9.17, 15) is 4.79 Å². The Morgan fingerprint density at radius 3 is 3.05 bits per heavy atom. The highest BCUT2D eigenvalue weighted by molar-refractivity contribution is 8.00. The molecule has 1 atom stereocenters. The summed E-state index contributed by atoms with van der Waals surface area (Å²) in [6, 6.07) is 0. The highest BCUT2D eigenvalue weighted by atomic mass is 32.2. The van der Waals surface area contributed by atoms with Crippen LogP contribution < -0.4 is 4.90 Å². The number of thioether (sulfide) groups is 1. The summed E-state index contributed by atoms with van der Waals surface area (Å²) in [6.07, 6.45) is 3.71. The number of hydrogen-bond acceptors (Lipinski definition) is 7. The smallest absolute Gasteiger partial charge is 0.252 e. The van der Waals surface area contributed by atoms with Crippen molar-refractivity contribution in [2.75, 3.05) is 43.3 Å². The van der Waals surface area contributed by atoms with Gasteiger partial charge < -0.3 is 9.47 Å². The van der Waals surface area contributed by atoms with Crippen LogP contribution in [0.2, 0.25) is 0 Å². The van der Waals surface area contributed by atoms with Gasteiger partial charge in [0.1, 0.15) is 0 Å². The Balaban J connectivity index is 1.84. The zero-order valence-electron chi connectivity index (χ0n) is 13.1. The molecular formula is C13H23N5O3S. The van der Waals surface area contributed by atoms with Crippen LogP contribution in [0.15, 0.2) is 0 Å². The molecule has 1 aliphatic rings. The lowest BCUT2D eigenvalue weighted by molar-refractivity contribution is -0.116. The number of aromatic nitrogens is 4. The minimum absolute atomic E-state index is 0.0178. The van der Waals surface area contributed by atoms with Crippen LogP contribution in [0.5, 0.6) is 0 Å². The van der Waals surface area contributed by atoms with Crippen molar-refractivity contribution in [3.05, 3.63) is 0 Å². The Morgan fingerprint density at radius 1 is 1.55 bits per heavy atom. The van der Waals surface area contributed by atoms with E-state index in [4.69, 9.17) is 9.47 Å². The van der Waals surface area contributed by atoms with Gasteiger partial charge in [-0.25, -0.2) is 4.68 Å². The fourth-order valence-electron chi connectivity index (χ4n) is 2.27. The topological polar surface area (TPSA) is 82.4 Å². The second kappa shape index (κ2) is 9.06. The molecule has 1 aromatic heterocycles. The normalized spacial score (nSPS) is 18.4. The first-order chi connectivity index (χ1) is 10.7. The van der Waals surface area contributed by atoms with Crippen molar-refractivity contribution in [3.8, 4) is 0 Å². The predicted octanol–water partition coefficient (Wildman–Crippen LogP) is 0.492. The Bertz CT molecular complexity index is 464. The van der Waals surface area contributed by atoms with Crippen molar-refractivity contribution >= 4 is 23.6 Å². The Kier molecular flexibility index (Phi) is 7.07. The van der Waals surface area contributed by atoms with Gasteiger partial charge in [0.15, 0.2) is 0 Å². The Morgan fingerprint density at radius 2 is 2.41 bits per heavy atom. The van der Waals surface area contributed by atoms with E-state index in [2.05, 4.69) is 15.5 Å². The van der Waals surface area contributed by atoms with E-state index < -0.39 is 0 Å². The van der Waals surface area contributed by atoms with Crippen molar-refractivity contribution < 1.29 is 14.3 Å². The summed E-state index contributed by atoms with van der Waals surface area (Å²) >= 11 is 1.60. The molecule has 1 unspecified atom stereocenters. The van der Waals surface area contributed by atoms with E-state index in [0.717, 1.165) is 25.2 Å². The van der Waals surface area contributed by atoms with E-state index in [-0.39, 0.29) is 12.0 Å². The van der Waals surface area contributed by atoms with Crippen molar-refractivity contribution in [2.45, 2.75) is 25.4 Å². The molecule has 2 rings (SSSR count). The number of rotatable bonds is 8. The highest BCUT2D eigenvalue weighted by Gasteiger charge is 2.21. The number of amides is 1. The average Bonchev–Trinajstić information content (AvgIpc) is 2.95. The maximum absolute atomic E-state index is 12.4. The lowest BCUT2D eigenvalue weighted by atomic mass is 10.1. The van der Waals surface area contributed by atoms with Gasteiger partial charge in [0.2, 0.25) is 5.91 Å². The zero-order chi connectivity index (χ0) is 15.8.